The Morgan fingerprint density at radius 2 is 2.09 bits per heavy atom. The molecule has 6 nitrogen and oxygen atoms in total. The zero-order valence-electron chi connectivity index (χ0n) is 13.7. The average Bonchev–Trinajstić information content (AvgIpc) is 3.28. The molecule has 23 heavy (non-hydrogen) atoms. The number of hydrogen-bond acceptors (Lipinski definition) is 4. The van der Waals surface area contributed by atoms with Gasteiger partial charge in [-0.25, -0.2) is 4.79 Å². The maximum Gasteiger partial charge on any atom is 0.322 e. The molecule has 1 atom stereocenters. The van der Waals surface area contributed by atoms with E-state index in [2.05, 4.69) is 5.32 Å². The van der Waals surface area contributed by atoms with Gasteiger partial charge in [-0.05, 0) is 37.3 Å². The molecule has 1 saturated heterocycles. The third kappa shape index (κ3) is 3.88. The van der Waals surface area contributed by atoms with Crippen LogP contribution in [0, 0.1) is 5.92 Å². The lowest BCUT2D eigenvalue weighted by Crippen LogP contribution is -2.34. The highest BCUT2D eigenvalue weighted by Gasteiger charge is 2.30. The van der Waals surface area contributed by atoms with Gasteiger partial charge in [0.1, 0.15) is 0 Å². The number of benzene rings is 1. The molecule has 3 rings (SSSR count). The Hall–Kier alpha value is -1.95. The van der Waals surface area contributed by atoms with Crippen molar-refractivity contribution in [3.05, 3.63) is 18.2 Å². The number of anilines is 1. The fourth-order valence-electron chi connectivity index (χ4n) is 2.79. The number of ether oxygens (including phenoxy) is 3. The molecular formula is C17H24N2O4. The molecule has 1 unspecified atom stereocenters. The second-order valence-corrected chi connectivity index (χ2v) is 6.10. The minimum Gasteiger partial charge on any atom is -0.493 e. The van der Waals surface area contributed by atoms with Gasteiger partial charge >= 0.3 is 6.03 Å². The fraction of sp³-hybridized carbons (Fsp3) is 0.588. The Labute approximate surface area is 136 Å². The van der Waals surface area contributed by atoms with Crippen molar-refractivity contribution in [3.8, 4) is 11.5 Å². The Morgan fingerprint density at radius 3 is 2.78 bits per heavy atom. The third-order valence-electron chi connectivity index (χ3n) is 4.34. The van der Waals surface area contributed by atoms with E-state index in [0.29, 0.717) is 30.3 Å². The van der Waals surface area contributed by atoms with Gasteiger partial charge in [-0.2, -0.15) is 0 Å². The van der Waals surface area contributed by atoms with E-state index in [1.54, 1.807) is 31.3 Å². The van der Waals surface area contributed by atoms with Crippen LogP contribution in [0.15, 0.2) is 18.2 Å². The molecule has 2 aliphatic rings. The fourth-order valence-corrected chi connectivity index (χ4v) is 2.79. The number of rotatable bonds is 6. The lowest BCUT2D eigenvalue weighted by Gasteiger charge is -2.19. The van der Waals surface area contributed by atoms with E-state index in [-0.39, 0.29) is 12.1 Å². The minimum absolute atomic E-state index is 0.130. The molecule has 1 saturated carbocycles. The number of nitrogens with one attached hydrogen (secondary N) is 1. The number of carbonyl (C=O) groups excluding carboxylic acids is 1. The lowest BCUT2D eigenvalue weighted by atomic mass is 10.2. The van der Waals surface area contributed by atoms with E-state index in [0.717, 1.165) is 18.9 Å². The maximum atomic E-state index is 12.4. The number of carbonyl (C=O) groups is 1. The van der Waals surface area contributed by atoms with Crippen LogP contribution in [-0.2, 0) is 4.74 Å². The number of para-hydroxylation sites is 1. The van der Waals surface area contributed by atoms with Crippen molar-refractivity contribution in [2.24, 2.45) is 5.92 Å². The molecule has 6 heteroatoms. The van der Waals surface area contributed by atoms with Crippen LogP contribution in [0.2, 0.25) is 0 Å². The quantitative estimate of drug-likeness (QED) is 0.875. The summed E-state index contributed by atoms with van der Waals surface area (Å²) in [5.41, 5.74) is 0.610. The van der Waals surface area contributed by atoms with Crippen molar-refractivity contribution in [2.75, 3.05) is 39.2 Å². The average molecular weight is 320 g/mol. The first kappa shape index (κ1) is 15.9. The largest absolute Gasteiger partial charge is 0.493 e. The van der Waals surface area contributed by atoms with Crippen LogP contribution in [0.3, 0.4) is 0 Å². The predicted molar refractivity (Wildman–Crippen MR) is 87.2 cm³/mol. The Bertz CT molecular complexity index is 560. The molecular weight excluding hydrogens is 296 g/mol. The summed E-state index contributed by atoms with van der Waals surface area (Å²) in [6.45, 7) is 2.20. The minimum atomic E-state index is -0.130. The standard InChI is InChI=1S/C17H24N2O4/c1-21-15-5-3-4-14(16(15)22-2)18-17(20)19-9-8-13(10-19)23-11-12-6-7-12/h3-5,12-13H,6-11H2,1-2H3,(H,18,20). The number of urea groups is 1. The van der Waals surface area contributed by atoms with Gasteiger partial charge in [-0.1, -0.05) is 6.07 Å². The summed E-state index contributed by atoms with van der Waals surface area (Å²) < 4.78 is 16.5. The maximum absolute atomic E-state index is 12.4. The molecule has 0 spiro atoms. The van der Waals surface area contributed by atoms with Crippen LogP contribution < -0.4 is 14.8 Å². The van der Waals surface area contributed by atoms with Gasteiger partial charge in [0.15, 0.2) is 11.5 Å². The number of likely N-dealkylation sites (tertiary alicyclic amines) is 1. The number of nitrogens with zero attached hydrogens (tertiary/aromatic N) is 1. The second kappa shape index (κ2) is 7.08. The van der Waals surface area contributed by atoms with Crippen molar-refractivity contribution in [1.82, 2.24) is 4.90 Å². The van der Waals surface area contributed by atoms with E-state index >= 15 is 0 Å². The molecule has 0 aromatic heterocycles. The summed E-state index contributed by atoms with van der Waals surface area (Å²) in [5.74, 6) is 1.88. The highest BCUT2D eigenvalue weighted by atomic mass is 16.5. The molecule has 1 N–H and O–H groups in total. The topological polar surface area (TPSA) is 60.0 Å². The van der Waals surface area contributed by atoms with E-state index in [1.807, 2.05) is 6.07 Å². The number of methoxy groups -OCH3 is 2. The Morgan fingerprint density at radius 1 is 1.26 bits per heavy atom. The summed E-state index contributed by atoms with van der Waals surface area (Å²) in [4.78, 5) is 14.2. The summed E-state index contributed by atoms with van der Waals surface area (Å²) in [5, 5.41) is 2.90. The summed E-state index contributed by atoms with van der Waals surface area (Å²) in [6.07, 6.45) is 3.63. The zero-order chi connectivity index (χ0) is 16.2. The monoisotopic (exact) mass is 320 g/mol. The van der Waals surface area contributed by atoms with E-state index in [1.165, 1.54) is 12.8 Å². The van der Waals surface area contributed by atoms with Crippen molar-refractivity contribution >= 4 is 11.7 Å². The van der Waals surface area contributed by atoms with Crippen molar-refractivity contribution in [2.45, 2.75) is 25.4 Å². The number of hydrogen-bond donors (Lipinski definition) is 1. The van der Waals surface area contributed by atoms with Gasteiger partial charge in [-0.3, -0.25) is 0 Å². The van der Waals surface area contributed by atoms with Crippen molar-refractivity contribution in [3.63, 3.8) is 0 Å². The zero-order valence-corrected chi connectivity index (χ0v) is 13.7. The van der Waals surface area contributed by atoms with Crippen LogP contribution in [0.5, 0.6) is 11.5 Å². The molecule has 2 amide bonds. The first-order valence-electron chi connectivity index (χ1n) is 8.09. The third-order valence-corrected chi connectivity index (χ3v) is 4.34. The summed E-state index contributed by atoms with van der Waals surface area (Å²) in [6, 6.07) is 5.29. The van der Waals surface area contributed by atoms with Crippen LogP contribution >= 0.6 is 0 Å². The smallest absolute Gasteiger partial charge is 0.322 e. The highest BCUT2D eigenvalue weighted by Crippen LogP contribution is 2.35. The Balaban J connectivity index is 1.56. The van der Waals surface area contributed by atoms with Gasteiger partial charge < -0.3 is 24.4 Å². The van der Waals surface area contributed by atoms with Gasteiger partial charge in [-0.15, -0.1) is 0 Å². The molecule has 1 heterocycles. The van der Waals surface area contributed by atoms with Gasteiger partial charge in [0.25, 0.3) is 0 Å². The molecule has 1 aromatic rings. The molecule has 1 aliphatic carbocycles. The normalized spacial score (nSPS) is 20.4. The molecule has 1 aliphatic heterocycles. The SMILES string of the molecule is COc1cccc(NC(=O)N2CCC(OCC3CC3)C2)c1OC. The van der Waals surface area contributed by atoms with Gasteiger partial charge in [0.2, 0.25) is 0 Å². The molecule has 1 aromatic carbocycles. The van der Waals surface area contributed by atoms with Crippen LogP contribution in [0.1, 0.15) is 19.3 Å². The first-order chi connectivity index (χ1) is 11.2. The van der Waals surface area contributed by atoms with Gasteiger partial charge in [0.05, 0.1) is 26.0 Å². The number of amides is 2. The summed E-state index contributed by atoms with van der Waals surface area (Å²) in [7, 11) is 3.14. The van der Waals surface area contributed by atoms with Gasteiger partial charge in [0, 0.05) is 19.7 Å². The van der Waals surface area contributed by atoms with E-state index in [9.17, 15) is 4.79 Å². The van der Waals surface area contributed by atoms with Crippen molar-refractivity contribution in [1.29, 1.82) is 0 Å². The van der Waals surface area contributed by atoms with Crippen LogP contribution in [-0.4, -0.2) is 51.0 Å². The van der Waals surface area contributed by atoms with E-state index < -0.39 is 0 Å². The van der Waals surface area contributed by atoms with Crippen LogP contribution in [0.4, 0.5) is 10.5 Å². The highest BCUT2D eigenvalue weighted by molar-refractivity contribution is 5.91. The Kier molecular flexibility index (Phi) is 4.91. The van der Waals surface area contributed by atoms with E-state index in [4.69, 9.17) is 14.2 Å². The first-order valence-corrected chi connectivity index (χ1v) is 8.09. The molecule has 0 radical (unpaired) electrons. The molecule has 2 fully saturated rings. The van der Waals surface area contributed by atoms with Crippen LogP contribution in [0.25, 0.3) is 0 Å². The van der Waals surface area contributed by atoms with Crippen molar-refractivity contribution < 1.29 is 19.0 Å². The molecule has 126 valence electrons. The predicted octanol–water partition coefficient (Wildman–Crippen LogP) is 2.74. The second-order valence-electron chi connectivity index (χ2n) is 6.10. The molecule has 0 bridgehead atoms. The summed E-state index contributed by atoms with van der Waals surface area (Å²) >= 11 is 0. The lowest BCUT2D eigenvalue weighted by molar-refractivity contribution is 0.0542.